The van der Waals surface area contributed by atoms with Gasteiger partial charge >= 0.3 is 0 Å². The van der Waals surface area contributed by atoms with Crippen LogP contribution in [0, 0.1) is 23.0 Å². The minimum Gasteiger partial charge on any atom is -0.376 e. The highest BCUT2D eigenvalue weighted by Gasteiger charge is 2.10. The lowest BCUT2D eigenvalue weighted by Gasteiger charge is -2.09. The van der Waals surface area contributed by atoms with Crippen molar-refractivity contribution in [1.82, 2.24) is 0 Å². The molecule has 0 saturated carbocycles. The Morgan fingerprint density at radius 1 is 1.06 bits per heavy atom. The van der Waals surface area contributed by atoms with Gasteiger partial charge in [-0.05, 0) is 17.7 Å². The summed E-state index contributed by atoms with van der Waals surface area (Å²) in [6.07, 6.45) is 0. The molecule has 0 saturated heterocycles. The van der Waals surface area contributed by atoms with E-state index >= 15 is 0 Å². The first-order valence-corrected chi connectivity index (χ1v) is 5.37. The van der Waals surface area contributed by atoms with Gasteiger partial charge in [-0.3, -0.25) is 0 Å². The fraction of sp³-hybridized carbons (Fsp3) is 0.0714. The highest BCUT2D eigenvalue weighted by Crippen LogP contribution is 2.21. The van der Waals surface area contributed by atoms with Gasteiger partial charge in [0.25, 0.3) is 0 Å². The molecule has 0 atom stereocenters. The summed E-state index contributed by atoms with van der Waals surface area (Å²) in [6.45, 7) is 0.320. The first-order valence-electron chi connectivity index (χ1n) is 5.37. The largest absolute Gasteiger partial charge is 0.376 e. The molecule has 0 heterocycles. The van der Waals surface area contributed by atoms with Crippen LogP contribution in [0.5, 0.6) is 0 Å². The Morgan fingerprint density at radius 2 is 1.67 bits per heavy atom. The molecule has 90 valence electrons. The molecule has 0 radical (unpaired) electrons. The lowest BCUT2D eigenvalue weighted by Crippen LogP contribution is -2.04. The van der Waals surface area contributed by atoms with Crippen LogP contribution in [0.25, 0.3) is 0 Å². The van der Waals surface area contributed by atoms with Crippen molar-refractivity contribution in [2.45, 2.75) is 6.54 Å². The van der Waals surface area contributed by atoms with Crippen molar-refractivity contribution in [3.8, 4) is 6.07 Å². The van der Waals surface area contributed by atoms with E-state index in [0.29, 0.717) is 6.54 Å². The van der Waals surface area contributed by atoms with E-state index in [4.69, 9.17) is 5.26 Å². The van der Waals surface area contributed by atoms with Crippen molar-refractivity contribution in [3.05, 3.63) is 65.2 Å². The average molecular weight is 244 g/mol. The number of anilines is 1. The van der Waals surface area contributed by atoms with Crippen molar-refractivity contribution in [2.24, 2.45) is 0 Å². The standard InChI is InChI=1S/C14H10F2N2/c15-12-6-11(8-17)7-13(16)14(12)18-9-10-4-2-1-3-5-10/h1-7,18H,9H2. The van der Waals surface area contributed by atoms with Gasteiger partial charge in [0.1, 0.15) is 5.69 Å². The molecule has 0 amide bonds. The third-order valence-corrected chi connectivity index (χ3v) is 2.48. The van der Waals surface area contributed by atoms with Crippen molar-refractivity contribution in [1.29, 1.82) is 5.26 Å². The van der Waals surface area contributed by atoms with Crippen LogP contribution in [0.4, 0.5) is 14.5 Å². The summed E-state index contributed by atoms with van der Waals surface area (Å²) in [5, 5.41) is 11.3. The maximum atomic E-state index is 13.5. The topological polar surface area (TPSA) is 35.8 Å². The molecule has 18 heavy (non-hydrogen) atoms. The third-order valence-electron chi connectivity index (χ3n) is 2.48. The van der Waals surface area contributed by atoms with Crippen LogP contribution >= 0.6 is 0 Å². The Morgan fingerprint density at radius 3 is 2.22 bits per heavy atom. The molecular weight excluding hydrogens is 234 g/mol. The molecule has 0 unspecified atom stereocenters. The van der Waals surface area contributed by atoms with Crippen molar-refractivity contribution in [2.75, 3.05) is 5.32 Å². The van der Waals surface area contributed by atoms with E-state index in [1.165, 1.54) is 0 Å². The molecule has 0 fully saturated rings. The maximum absolute atomic E-state index is 13.5. The summed E-state index contributed by atoms with van der Waals surface area (Å²) < 4.78 is 27.1. The van der Waals surface area contributed by atoms with Gasteiger partial charge in [-0.25, -0.2) is 8.78 Å². The van der Waals surface area contributed by atoms with Gasteiger partial charge in [0.2, 0.25) is 0 Å². The molecule has 2 aromatic rings. The molecule has 0 spiro atoms. The molecule has 0 aliphatic carbocycles. The van der Waals surface area contributed by atoms with Gasteiger partial charge in [-0.1, -0.05) is 30.3 Å². The number of nitrogens with one attached hydrogen (secondary N) is 1. The van der Waals surface area contributed by atoms with Gasteiger partial charge in [-0.15, -0.1) is 0 Å². The van der Waals surface area contributed by atoms with Crippen molar-refractivity contribution in [3.63, 3.8) is 0 Å². The number of hydrogen-bond donors (Lipinski definition) is 1. The summed E-state index contributed by atoms with van der Waals surface area (Å²) in [6, 6.07) is 13.0. The van der Waals surface area contributed by atoms with Crippen LogP contribution in [0.15, 0.2) is 42.5 Å². The molecule has 2 nitrogen and oxygen atoms in total. The quantitative estimate of drug-likeness (QED) is 0.897. The first kappa shape index (κ1) is 12.1. The van der Waals surface area contributed by atoms with E-state index in [1.807, 2.05) is 30.3 Å². The van der Waals surface area contributed by atoms with Crippen LogP contribution < -0.4 is 5.32 Å². The van der Waals surface area contributed by atoms with Crippen LogP contribution in [0.2, 0.25) is 0 Å². The van der Waals surface area contributed by atoms with Gasteiger partial charge in [-0.2, -0.15) is 5.26 Å². The normalized spacial score (nSPS) is 9.83. The fourth-order valence-corrected chi connectivity index (χ4v) is 1.59. The Balaban J connectivity index is 2.18. The van der Waals surface area contributed by atoms with Crippen LogP contribution in [0.3, 0.4) is 0 Å². The van der Waals surface area contributed by atoms with Crippen LogP contribution in [-0.2, 0) is 6.54 Å². The molecule has 2 aromatic carbocycles. The second-order valence-electron chi connectivity index (χ2n) is 3.77. The minimum atomic E-state index is -0.762. The number of rotatable bonds is 3. The minimum absolute atomic E-state index is 0.0322. The molecular formula is C14H10F2N2. The zero-order valence-electron chi connectivity index (χ0n) is 9.45. The number of nitriles is 1. The maximum Gasteiger partial charge on any atom is 0.150 e. The van der Waals surface area contributed by atoms with Gasteiger partial charge < -0.3 is 5.32 Å². The lowest BCUT2D eigenvalue weighted by molar-refractivity contribution is 0.587. The zero-order valence-corrected chi connectivity index (χ0v) is 9.45. The first-order chi connectivity index (χ1) is 8.70. The van der Waals surface area contributed by atoms with E-state index in [2.05, 4.69) is 5.32 Å². The summed E-state index contributed by atoms with van der Waals surface area (Å²) in [5.74, 6) is -1.52. The van der Waals surface area contributed by atoms with E-state index < -0.39 is 11.6 Å². The third kappa shape index (κ3) is 2.64. The predicted molar refractivity (Wildman–Crippen MR) is 64.8 cm³/mol. The number of nitrogens with zero attached hydrogens (tertiary/aromatic N) is 1. The summed E-state index contributed by atoms with van der Waals surface area (Å²) in [7, 11) is 0. The highest BCUT2D eigenvalue weighted by molar-refractivity contribution is 5.50. The van der Waals surface area contributed by atoms with Gasteiger partial charge in [0, 0.05) is 6.54 Å². The Hall–Kier alpha value is -2.41. The molecule has 1 N–H and O–H groups in total. The van der Waals surface area contributed by atoms with E-state index in [9.17, 15) is 8.78 Å². The monoisotopic (exact) mass is 244 g/mol. The highest BCUT2D eigenvalue weighted by atomic mass is 19.1. The fourth-order valence-electron chi connectivity index (χ4n) is 1.59. The predicted octanol–water partition coefficient (Wildman–Crippen LogP) is 3.45. The van der Waals surface area contributed by atoms with Crippen LogP contribution in [-0.4, -0.2) is 0 Å². The van der Waals surface area contributed by atoms with E-state index in [-0.39, 0.29) is 11.3 Å². The molecule has 0 bridgehead atoms. The smallest absolute Gasteiger partial charge is 0.150 e. The second-order valence-corrected chi connectivity index (χ2v) is 3.77. The molecule has 0 aromatic heterocycles. The molecule has 2 rings (SSSR count). The van der Waals surface area contributed by atoms with Crippen molar-refractivity contribution < 1.29 is 8.78 Å². The lowest BCUT2D eigenvalue weighted by atomic mass is 10.2. The molecule has 4 heteroatoms. The molecule has 0 aliphatic rings. The Kier molecular flexibility index (Phi) is 3.54. The Bertz CT molecular complexity index is 565. The Labute approximate surface area is 103 Å². The second kappa shape index (κ2) is 5.28. The number of benzene rings is 2. The van der Waals surface area contributed by atoms with Gasteiger partial charge in [0.05, 0.1) is 11.6 Å². The summed E-state index contributed by atoms with van der Waals surface area (Å²) in [4.78, 5) is 0. The van der Waals surface area contributed by atoms with Crippen LogP contribution in [0.1, 0.15) is 11.1 Å². The summed E-state index contributed by atoms with van der Waals surface area (Å²) in [5.41, 5.74) is 0.675. The number of halogens is 2. The van der Waals surface area contributed by atoms with E-state index in [0.717, 1.165) is 17.7 Å². The van der Waals surface area contributed by atoms with Gasteiger partial charge in [0.15, 0.2) is 11.6 Å². The SMILES string of the molecule is N#Cc1cc(F)c(NCc2ccccc2)c(F)c1. The summed E-state index contributed by atoms with van der Waals surface area (Å²) >= 11 is 0. The average Bonchev–Trinajstić information content (AvgIpc) is 2.38. The zero-order chi connectivity index (χ0) is 13.0. The number of hydrogen-bond acceptors (Lipinski definition) is 2. The van der Waals surface area contributed by atoms with E-state index in [1.54, 1.807) is 6.07 Å². The van der Waals surface area contributed by atoms with Crippen molar-refractivity contribution >= 4 is 5.69 Å². The molecule has 0 aliphatic heterocycles.